The van der Waals surface area contributed by atoms with Crippen molar-refractivity contribution in [1.82, 2.24) is 19.8 Å². The molecule has 0 bridgehead atoms. The Labute approximate surface area is 175 Å². The summed E-state index contributed by atoms with van der Waals surface area (Å²) < 4.78 is 38.0. The van der Waals surface area contributed by atoms with Gasteiger partial charge in [0.1, 0.15) is 5.75 Å². The highest BCUT2D eigenvalue weighted by Crippen LogP contribution is 2.50. The van der Waals surface area contributed by atoms with E-state index >= 15 is 0 Å². The van der Waals surface area contributed by atoms with E-state index in [1.807, 2.05) is 18.2 Å². The molecule has 1 saturated carbocycles. The fourth-order valence-corrected chi connectivity index (χ4v) is 5.43. The van der Waals surface area contributed by atoms with Crippen molar-refractivity contribution in [3.05, 3.63) is 42.0 Å². The van der Waals surface area contributed by atoms with Crippen molar-refractivity contribution in [3.63, 3.8) is 0 Å². The van der Waals surface area contributed by atoms with E-state index in [0.29, 0.717) is 43.4 Å². The summed E-state index contributed by atoms with van der Waals surface area (Å²) >= 11 is 0. The van der Waals surface area contributed by atoms with Crippen LogP contribution in [0.2, 0.25) is 0 Å². The summed E-state index contributed by atoms with van der Waals surface area (Å²) in [6.07, 6.45) is 1.13. The highest BCUT2D eigenvalue weighted by molar-refractivity contribution is 7.89. The van der Waals surface area contributed by atoms with Crippen LogP contribution in [-0.4, -0.2) is 60.9 Å². The van der Waals surface area contributed by atoms with Gasteiger partial charge in [0.05, 0.1) is 11.2 Å². The van der Waals surface area contributed by atoms with Gasteiger partial charge in [0.25, 0.3) is 5.91 Å². The Hall–Kier alpha value is -2.46. The fourth-order valence-electron chi connectivity index (χ4n) is 4.57. The van der Waals surface area contributed by atoms with Gasteiger partial charge < -0.3 is 14.2 Å². The lowest BCUT2D eigenvalue weighted by Gasteiger charge is -2.25. The average Bonchev–Trinajstić information content (AvgIpc) is 3.39. The van der Waals surface area contributed by atoms with Crippen LogP contribution in [-0.2, 0) is 20.2 Å². The SMILES string of the molecule is CCS(=O)(=O)N[C@@H]1C[C@H]2CN(C(=O)COc3ccccc3)C[C@@]2(c2nc(C)no2)C1. The number of aromatic nitrogens is 2. The number of ether oxygens (including phenoxy) is 1. The van der Waals surface area contributed by atoms with Crippen molar-refractivity contribution in [1.29, 1.82) is 0 Å². The van der Waals surface area contributed by atoms with Gasteiger partial charge in [-0.25, -0.2) is 13.1 Å². The number of hydrogen-bond acceptors (Lipinski definition) is 7. The van der Waals surface area contributed by atoms with E-state index in [2.05, 4.69) is 14.9 Å². The molecule has 1 aliphatic carbocycles. The highest BCUT2D eigenvalue weighted by atomic mass is 32.2. The second-order valence-corrected chi connectivity index (χ2v) is 10.1. The van der Waals surface area contributed by atoms with Crippen LogP contribution >= 0.6 is 0 Å². The maximum Gasteiger partial charge on any atom is 0.260 e. The van der Waals surface area contributed by atoms with E-state index in [4.69, 9.17) is 9.26 Å². The Kier molecular flexibility index (Phi) is 5.54. The van der Waals surface area contributed by atoms with Crippen molar-refractivity contribution < 1.29 is 22.5 Å². The summed E-state index contributed by atoms with van der Waals surface area (Å²) in [4.78, 5) is 19.0. The number of rotatable bonds is 7. The van der Waals surface area contributed by atoms with E-state index in [0.717, 1.165) is 0 Å². The molecular weight excluding hydrogens is 408 g/mol. The molecule has 0 spiro atoms. The van der Waals surface area contributed by atoms with Gasteiger partial charge in [-0.15, -0.1) is 0 Å². The van der Waals surface area contributed by atoms with Gasteiger partial charge in [-0.2, -0.15) is 4.98 Å². The maximum absolute atomic E-state index is 12.8. The molecule has 1 N–H and O–H groups in total. The van der Waals surface area contributed by atoms with Crippen LogP contribution in [0.15, 0.2) is 34.9 Å². The molecule has 2 heterocycles. The largest absolute Gasteiger partial charge is 0.484 e. The number of carbonyl (C=O) groups excluding carboxylic acids is 1. The maximum atomic E-state index is 12.8. The number of amides is 1. The molecule has 2 fully saturated rings. The fraction of sp³-hybridized carbons (Fsp3) is 0.550. The molecule has 1 aromatic heterocycles. The standard InChI is InChI=1S/C20H26N4O5S/c1-3-30(26,27)23-16-9-15-11-24(18(25)12-28-17-7-5-4-6-8-17)13-20(15,10-16)19-21-14(2)22-29-19/h4-8,15-16,23H,3,9-13H2,1-2H3/t15-,16+,20-/m0/s1. The highest BCUT2D eigenvalue weighted by Gasteiger charge is 2.58. The zero-order valence-corrected chi connectivity index (χ0v) is 17.9. The van der Waals surface area contributed by atoms with Crippen LogP contribution in [0.4, 0.5) is 0 Å². The number of nitrogens with zero attached hydrogens (tertiary/aromatic N) is 3. The summed E-state index contributed by atoms with van der Waals surface area (Å²) in [5.41, 5.74) is -0.551. The first kappa shape index (κ1) is 20.8. The molecule has 10 heteroatoms. The third-order valence-corrected chi connectivity index (χ3v) is 7.47. The van der Waals surface area contributed by atoms with Crippen LogP contribution in [0.3, 0.4) is 0 Å². The summed E-state index contributed by atoms with van der Waals surface area (Å²) in [5, 5.41) is 3.93. The van der Waals surface area contributed by atoms with Gasteiger partial charge in [-0.1, -0.05) is 23.4 Å². The van der Waals surface area contributed by atoms with Crippen LogP contribution < -0.4 is 9.46 Å². The van der Waals surface area contributed by atoms with Gasteiger partial charge in [0.2, 0.25) is 15.9 Å². The van der Waals surface area contributed by atoms with Crippen LogP contribution in [0.1, 0.15) is 31.5 Å². The smallest absolute Gasteiger partial charge is 0.260 e. The average molecular weight is 435 g/mol. The third kappa shape index (κ3) is 4.06. The van der Waals surface area contributed by atoms with Gasteiger partial charge in [-0.05, 0) is 44.7 Å². The molecule has 2 aromatic rings. The van der Waals surface area contributed by atoms with Crippen molar-refractivity contribution in [3.8, 4) is 5.75 Å². The van der Waals surface area contributed by atoms with E-state index in [1.165, 1.54) is 0 Å². The zero-order chi connectivity index (χ0) is 21.4. The van der Waals surface area contributed by atoms with E-state index in [1.54, 1.807) is 30.9 Å². The third-order valence-electron chi connectivity index (χ3n) is 6.01. The zero-order valence-electron chi connectivity index (χ0n) is 17.1. The lowest BCUT2D eigenvalue weighted by Crippen LogP contribution is -2.41. The molecule has 30 heavy (non-hydrogen) atoms. The quantitative estimate of drug-likeness (QED) is 0.697. The van der Waals surface area contributed by atoms with Crippen LogP contribution in [0.5, 0.6) is 5.75 Å². The number of benzene rings is 1. The molecular formula is C20H26N4O5S. The predicted octanol–water partition coefficient (Wildman–Crippen LogP) is 1.25. The van der Waals surface area contributed by atoms with Crippen molar-refractivity contribution >= 4 is 15.9 Å². The van der Waals surface area contributed by atoms with Crippen molar-refractivity contribution in [2.45, 2.75) is 38.1 Å². The second kappa shape index (κ2) is 7.99. The van der Waals surface area contributed by atoms with E-state index < -0.39 is 15.4 Å². The van der Waals surface area contributed by atoms with E-state index in [-0.39, 0.29) is 30.2 Å². The molecule has 1 amide bonds. The minimum absolute atomic E-state index is 0.0300. The minimum atomic E-state index is -3.32. The number of likely N-dealkylation sites (tertiary alicyclic amines) is 1. The van der Waals surface area contributed by atoms with Crippen molar-refractivity contribution in [2.75, 3.05) is 25.4 Å². The summed E-state index contributed by atoms with van der Waals surface area (Å²) in [6, 6.07) is 8.98. The Morgan fingerprint density at radius 3 is 2.80 bits per heavy atom. The number of para-hydroxylation sites is 1. The molecule has 3 atom stereocenters. The summed E-state index contributed by atoms with van der Waals surface area (Å²) in [5.74, 6) is 1.58. The summed E-state index contributed by atoms with van der Waals surface area (Å²) in [7, 11) is -3.32. The second-order valence-electron chi connectivity index (χ2n) is 8.03. The monoisotopic (exact) mass is 434 g/mol. The Bertz CT molecular complexity index is 1010. The van der Waals surface area contributed by atoms with Gasteiger partial charge in [-0.3, -0.25) is 4.79 Å². The molecule has 0 radical (unpaired) electrons. The van der Waals surface area contributed by atoms with Crippen LogP contribution in [0, 0.1) is 12.8 Å². The van der Waals surface area contributed by atoms with E-state index in [9.17, 15) is 13.2 Å². The number of hydrogen-bond donors (Lipinski definition) is 1. The molecule has 2 aliphatic rings. The summed E-state index contributed by atoms with van der Waals surface area (Å²) in [6.45, 7) is 4.21. The van der Waals surface area contributed by atoms with Gasteiger partial charge in [0, 0.05) is 19.1 Å². The number of aryl methyl sites for hydroxylation is 1. The first-order valence-corrected chi connectivity index (χ1v) is 11.7. The topological polar surface area (TPSA) is 115 Å². The molecule has 162 valence electrons. The molecule has 1 saturated heterocycles. The number of fused-ring (bicyclic) bond motifs is 1. The normalized spacial score (nSPS) is 26.0. The molecule has 9 nitrogen and oxygen atoms in total. The van der Waals surface area contributed by atoms with Gasteiger partial charge in [0.15, 0.2) is 12.4 Å². The van der Waals surface area contributed by atoms with Gasteiger partial charge >= 0.3 is 0 Å². The molecule has 0 unspecified atom stereocenters. The minimum Gasteiger partial charge on any atom is -0.484 e. The predicted molar refractivity (Wildman–Crippen MR) is 108 cm³/mol. The first-order chi connectivity index (χ1) is 14.3. The molecule has 1 aliphatic heterocycles. The number of carbonyl (C=O) groups is 1. The Balaban J connectivity index is 1.50. The lowest BCUT2D eigenvalue weighted by atomic mass is 9.80. The van der Waals surface area contributed by atoms with Crippen LogP contribution in [0.25, 0.3) is 0 Å². The Morgan fingerprint density at radius 2 is 2.13 bits per heavy atom. The Morgan fingerprint density at radius 1 is 1.37 bits per heavy atom. The first-order valence-electron chi connectivity index (χ1n) is 10.1. The number of sulfonamides is 1. The molecule has 1 aromatic carbocycles. The number of nitrogens with one attached hydrogen (secondary N) is 1. The van der Waals surface area contributed by atoms with Crippen molar-refractivity contribution in [2.24, 2.45) is 5.92 Å². The lowest BCUT2D eigenvalue weighted by molar-refractivity contribution is -0.132. The molecule has 4 rings (SSSR count).